The molecule has 0 radical (unpaired) electrons. The van der Waals surface area contributed by atoms with Gasteiger partial charge in [0.05, 0.1) is 25.3 Å². The number of benzene rings is 1. The summed E-state index contributed by atoms with van der Waals surface area (Å²) in [5, 5.41) is 0. The predicted octanol–water partition coefficient (Wildman–Crippen LogP) is 3.12. The molecule has 2 heterocycles. The second-order valence-corrected chi connectivity index (χ2v) is 5.28. The summed E-state index contributed by atoms with van der Waals surface area (Å²) in [4.78, 5) is 10.3. The zero-order chi connectivity index (χ0) is 13.2. The molecule has 98 valence electrons. The van der Waals surface area contributed by atoms with Crippen LogP contribution in [-0.4, -0.2) is 29.9 Å². The van der Waals surface area contributed by atoms with Crippen LogP contribution in [0.4, 0.5) is 0 Å². The molecule has 1 aliphatic heterocycles. The lowest BCUT2D eigenvalue weighted by molar-refractivity contribution is 0.396. The first-order valence-electron chi connectivity index (χ1n) is 6.05. The summed E-state index contributed by atoms with van der Waals surface area (Å²) in [6, 6.07) is 5.66. The highest BCUT2D eigenvalue weighted by atomic mass is 32.2. The van der Waals surface area contributed by atoms with Crippen LogP contribution in [0.2, 0.25) is 0 Å². The third kappa shape index (κ3) is 2.26. The van der Waals surface area contributed by atoms with E-state index in [0.717, 1.165) is 39.6 Å². The second kappa shape index (κ2) is 5.09. The number of ether oxygens (including phenoxy) is 2. The molecule has 0 spiro atoms. The molecule has 0 aliphatic carbocycles. The molecular formula is C14H14N2O2S. The molecule has 2 aromatic rings. The number of hydrogen-bond acceptors (Lipinski definition) is 5. The minimum atomic E-state index is 0.582. The second-order valence-electron chi connectivity index (χ2n) is 4.14. The third-order valence-corrected chi connectivity index (χ3v) is 4.08. The van der Waals surface area contributed by atoms with Gasteiger partial charge in [-0.3, -0.25) is 0 Å². The summed E-state index contributed by atoms with van der Waals surface area (Å²) in [5.74, 6) is 2.46. The molecule has 0 saturated carbocycles. The number of nitrogens with zero attached hydrogens (tertiary/aromatic N) is 2. The molecule has 0 bridgehead atoms. The number of hydrogen-bond donors (Lipinski definition) is 0. The van der Waals surface area contributed by atoms with Gasteiger partial charge in [0.25, 0.3) is 0 Å². The van der Waals surface area contributed by atoms with E-state index in [9.17, 15) is 0 Å². The molecule has 3 rings (SSSR count). The van der Waals surface area contributed by atoms with Gasteiger partial charge in [0.1, 0.15) is 11.4 Å². The fourth-order valence-electron chi connectivity index (χ4n) is 2.03. The van der Waals surface area contributed by atoms with Crippen LogP contribution in [0.1, 0.15) is 12.1 Å². The lowest BCUT2D eigenvalue weighted by Crippen LogP contribution is -1.98. The summed E-state index contributed by atoms with van der Waals surface area (Å²) in [6.07, 6.45) is 3.25. The van der Waals surface area contributed by atoms with Crippen molar-refractivity contribution in [2.45, 2.75) is 6.42 Å². The maximum atomic E-state index is 5.36. The predicted molar refractivity (Wildman–Crippen MR) is 77.7 cm³/mol. The molecule has 19 heavy (non-hydrogen) atoms. The highest BCUT2D eigenvalue weighted by molar-refractivity contribution is 8.08. The van der Waals surface area contributed by atoms with E-state index in [2.05, 4.69) is 16.0 Å². The maximum Gasteiger partial charge on any atom is 0.241 e. The minimum Gasteiger partial charge on any atom is -0.497 e. The molecular weight excluding hydrogens is 260 g/mol. The fraction of sp³-hybridized carbons (Fsp3) is 0.286. The number of fused-ring (bicyclic) bond motifs is 1. The Hall–Kier alpha value is -1.75. The molecule has 0 amide bonds. The van der Waals surface area contributed by atoms with Crippen molar-refractivity contribution in [3.8, 4) is 11.6 Å². The van der Waals surface area contributed by atoms with Crippen LogP contribution in [-0.2, 0) is 0 Å². The van der Waals surface area contributed by atoms with E-state index < -0.39 is 0 Å². The summed E-state index contributed by atoms with van der Waals surface area (Å²) in [6.45, 7) is 0. The SMILES string of the molecule is COc1ccc2nc(OC)c(C3=CCCS3)nc2c1. The molecule has 0 N–H and O–H groups in total. The van der Waals surface area contributed by atoms with Gasteiger partial charge in [-0.05, 0) is 18.6 Å². The Balaban J connectivity index is 2.18. The van der Waals surface area contributed by atoms with Gasteiger partial charge < -0.3 is 9.47 Å². The van der Waals surface area contributed by atoms with Crippen LogP contribution in [0.25, 0.3) is 15.9 Å². The quantitative estimate of drug-likeness (QED) is 0.860. The molecule has 5 heteroatoms. The van der Waals surface area contributed by atoms with Gasteiger partial charge in [-0.15, -0.1) is 11.8 Å². The van der Waals surface area contributed by atoms with Crippen molar-refractivity contribution in [2.24, 2.45) is 0 Å². The Kier molecular flexibility index (Phi) is 3.29. The number of thioether (sulfide) groups is 1. The van der Waals surface area contributed by atoms with Crippen LogP contribution >= 0.6 is 11.8 Å². The van der Waals surface area contributed by atoms with Crippen LogP contribution in [0.5, 0.6) is 11.6 Å². The fourth-order valence-corrected chi connectivity index (χ4v) is 2.99. The van der Waals surface area contributed by atoms with Crippen molar-refractivity contribution >= 4 is 27.7 Å². The van der Waals surface area contributed by atoms with Crippen LogP contribution in [0.15, 0.2) is 24.3 Å². The van der Waals surface area contributed by atoms with Crippen LogP contribution in [0.3, 0.4) is 0 Å². The smallest absolute Gasteiger partial charge is 0.241 e. The van der Waals surface area contributed by atoms with Crippen molar-refractivity contribution in [2.75, 3.05) is 20.0 Å². The molecule has 1 aromatic carbocycles. The first-order chi connectivity index (χ1) is 9.31. The van der Waals surface area contributed by atoms with Crippen molar-refractivity contribution in [1.29, 1.82) is 0 Å². The van der Waals surface area contributed by atoms with Gasteiger partial charge in [-0.2, -0.15) is 0 Å². The van der Waals surface area contributed by atoms with Crippen molar-refractivity contribution in [3.05, 3.63) is 30.0 Å². The number of methoxy groups -OCH3 is 2. The minimum absolute atomic E-state index is 0.582. The molecule has 1 aromatic heterocycles. The van der Waals surface area contributed by atoms with E-state index in [1.54, 1.807) is 26.0 Å². The molecule has 4 nitrogen and oxygen atoms in total. The highest BCUT2D eigenvalue weighted by Crippen LogP contribution is 2.37. The van der Waals surface area contributed by atoms with E-state index in [1.807, 2.05) is 18.2 Å². The largest absolute Gasteiger partial charge is 0.497 e. The number of allylic oxidation sites excluding steroid dienone is 1. The Labute approximate surface area is 115 Å². The van der Waals surface area contributed by atoms with Gasteiger partial charge in [-0.25, -0.2) is 9.97 Å². The molecule has 0 unspecified atom stereocenters. The topological polar surface area (TPSA) is 44.2 Å². The first-order valence-corrected chi connectivity index (χ1v) is 7.03. The Morgan fingerprint density at radius 3 is 2.68 bits per heavy atom. The molecule has 0 fully saturated rings. The van der Waals surface area contributed by atoms with E-state index in [-0.39, 0.29) is 0 Å². The Bertz CT molecular complexity index is 655. The zero-order valence-corrected chi connectivity index (χ0v) is 11.7. The van der Waals surface area contributed by atoms with Gasteiger partial charge in [0.2, 0.25) is 5.88 Å². The lowest BCUT2D eigenvalue weighted by atomic mass is 10.2. The maximum absolute atomic E-state index is 5.36. The standard InChI is InChI=1S/C14H14N2O2S/c1-17-9-5-6-10-11(8-9)15-13(14(16-10)18-2)12-4-3-7-19-12/h4-6,8H,3,7H2,1-2H3. The third-order valence-electron chi connectivity index (χ3n) is 2.97. The van der Waals surface area contributed by atoms with Crippen LogP contribution in [0, 0.1) is 0 Å². The number of rotatable bonds is 3. The zero-order valence-electron chi connectivity index (χ0n) is 10.8. The highest BCUT2D eigenvalue weighted by Gasteiger charge is 2.17. The van der Waals surface area contributed by atoms with Crippen molar-refractivity contribution in [3.63, 3.8) is 0 Å². The monoisotopic (exact) mass is 274 g/mol. The van der Waals surface area contributed by atoms with E-state index in [4.69, 9.17) is 9.47 Å². The average molecular weight is 274 g/mol. The molecule has 0 atom stereocenters. The van der Waals surface area contributed by atoms with Gasteiger partial charge in [0, 0.05) is 16.7 Å². The Morgan fingerprint density at radius 1 is 1.11 bits per heavy atom. The van der Waals surface area contributed by atoms with Gasteiger partial charge in [0.15, 0.2) is 0 Å². The Morgan fingerprint density at radius 2 is 2.00 bits per heavy atom. The summed E-state index contributed by atoms with van der Waals surface area (Å²) in [7, 11) is 3.28. The summed E-state index contributed by atoms with van der Waals surface area (Å²) < 4.78 is 10.6. The van der Waals surface area contributed by atoms with E-state index >= 15 is 0 Å². The summed E-state index contributed by atoms with van der Waals surface area (Å²) >= 11 is 1.79. The summed E-state index contributed by atoms with van der Waals surface area (Å²) in [5.41, 5.74) is 2.46. The average Bonchev–Trinajstić information content (AvgIpc) is 2.99. The first kappa shape index (κ1) is 12.3. The van der Waals surface area contributed by atoms with Crippen molar-refractivity contribution < 1.29 is 9.47 Å². The van der Waals surface area contributed by atoms with Gasteiger partial charge >= 0.3 is 0 Å². The van der Waals surface area contributed by atoms with Crippen LogP contribution < -0.4 is 9.47 Å². The lowest BCUT2D eigenvalue weighted by Gasteiger charge is -2.09. The van der Waals surface area contributed by atoms with Gasteiger partial charge in [-0.1, -0.05) is 6.08 Å². The van der Waals surface area contributed by atoms with Crippen molar-refractivity contribution in [1.82, 2.24) is 9.97 Å². The van der Waals surface area contributed by atoms with E-state index in [0.29, 0.717) is 5.88 Å². The normalized spacial score (nSPS) is 14.5. The number of aromatic nitrogens is 2. The van der Waals surface area contributed by atoms with E-state index in [1.165, 1.54) is 0 Å². The molecule has 1 aliphatic rings. The molecule has 0 saturated heterocycles.